The number of nitrogens with zero attached hydrogens (tertiary/aromatic N) is 2. The van der Waals surface area contributed by atoms with Crippen molar-refractivity contribution in [3.63, 3.8) is 0 Å². The molecule has 1 heterocycles. The van der Waals surface area contributed by atoms with Gasteiger partial charge in [0.1, 0.15) is 11.5 Å². The second kappa shape index (κ2) is 7.56. The van der Waals surface area contributed by atoms with Gasteiger partial charge in [-0.25, -0.2) is 9.97 Å². The maximum atomic E-state index is 12.0. The smallest absolute Gasteiger partial charge is 0.271 e. The van der Waals surface area contributed by atoms with E-state index >= 15 is 0 Å². The van der Waals surface area contributed by atoms with E-state index in [9.17, 15) is 9.59 Å². The zero-order valence-electron chi connectivity index (χ0n) is 13.0. The molecule has 1 rings (SSSR count). The van der Waals surface area contributed by atoms with Gasteiger partial charge < -0.3 is 16.0 Å². The van der Waals surface area contributed by atoms with Gasteiger partial charge in [-0.3, -0.25) is 9.59 Å². The van der Waals surface area contributed by atoms with Crippen LogP contribution >= 0.6 is 0 Å². The first-order chi connectivity index (χ1) is 9.90. The highest BCUT2D eigenvalue weighted by Crippen LogP contribution is 2.13. The highest BCUT2D eigenvalue weighted by Gasteiger charge is 2.27. The molecule has 0 aromatic carbocycles. The molecule has 0 saturated carbocycles. The van der Waals surface area contributed by atoms with Crippen LogP contribution in [0.4, 0.5) is 5.82 Å². The summed E-state index contributed by atoms with van der Waals surface area (Å²) < 4.78 is 0. The molecule has 21 heavy (non-hydrogen) atoms. The van der Waals surface area contributed by atoms with E-state index < -0.39 is 5.41 Å². The third kappa shape index (κ3) is 5.02. The maximum absolute atomic E-state index is 12.0. The average molecular weight is 293 g/mol. The minimum absolute atomic E-state index is 0.131. The Hall–Kier alpha value is -2.18. The molecule has 0 aliphatic heterocycles. The molecule has 0 aliphatic carbocycles. The molecule has 0 bridgehead atoms. The predicted octanol–water partition coefficient (Wildman–Crippen LogP) is 0.800. The third-order valence-corrected chi connectivity index (χ3v) is 2.97. The zero-order valence-corrected chi connectivity index (χ0v) is 13.0. The number of carbonyl (C=O) groups excluding carboxylic acids is 2. The quantitative estimate of drug-likeness (QED) is 0.691. The first kappa shape index (κ1) is 16.9. The number of hydrogen-bond donors (Lipinski definition) is 3. The first-order valence-electron chi connectivity index (χ1n) is 6.97. The largest absolute Gasteiger partial charge is 0.369 e. The van der Waals surface area contributed by atoms with Crippen LogP contribution in [0.5, 0.6) is 0 Å². The van der Waals surface area contributed by atoms with Crippen LogP contribution in [0.2, 0.25) is 0 Å². The van der Waals surface area contributed by atoms with Gasteiger partial charge in [0.25, 0.3) is 5.91 Å². The van der Waals surface area contributed by atoms with Gasteiger partial charge in [0, 0.05) is 20.1 Å². The van der Waals surface area contributed by atoms with E-state index in [2.05, 4.69) is 32.8 Å². The molecule has 116 valence electrons. The molecule has 0 radical (unpaired) electrons. The summed E-state index contributed by atoms with van der Waals surface area (Å²) in [6.07, 6.45) is 3.92. The van der Waals surface area contributed by atoms with E-state index in [1.165, 1.54) is 12.4 Å². The van der Waals surface area contributed by atoms with Crippen molar-refractivity contribution in [2.45, 2.75) is 27.2 Å². The fraction of sp³-hybridized carbons (Fsp3) is 0.571. The average Bonchev–Trinajstić information content (AvgIpc) is 2.50. The molecule has 0 atom stereocenters. The van der Waals surface area contributed by atoms with Gasteiger partial charge in [0.15, 0.2) is 0 Å². The molecular weight excluding hydrogens is 270 g/mol. The minimum atomic E-state index is -0.680. The number of rotatable bonds is 7. The maximum Gasteiger partial charge on any atom is 0.271 e. The van der Waals surface area contributed by atoms with Crippen LogP contribution in [0, 0.1) is 5.41 Å². The zero-order chi connectivity index (χ0) is 15.9. The van der Waals surface area contributed by atoms with Crippen LogP contribution < -0.4 is 16.0 Å². The minimum Gasteiger partial charge on any atom is -0.369 e. The lowest BCUT2D eigenvalue weighted by molar-refractivity contribution is -0.128. The van der Waals surface area contributed by atoms with E-state index in [1.54, 1.807) is 20.9 Å². The summed E-state index contributed by atoms with van der Waals surface area (Å²) in [5.41, 5.74) is -0.453. The topological polar surface area (TPSA) is 96.0 Å². The third-order valence-electron chi connectivity index (χ3n) is 2.97. The van der Waals surface area contributed by atoms with Crippen molar-refractivity contribution in [1.82, 2.24) is 20.6 Å². The molecule has 3 N–H and O–H groups in total. The Bertz CT molecular complexity index is 485. The van der Waals surface area contributed by atoms with Crippen LogP contribution in [0.15, 0.2) is 12.4 Å². The fourth-order valence-electron chi connectivity index (χ4n) is 1.60. The number of anilines is 1. The Balaban J connectivity index is 2.58. The van der Waals surface area contributed by atoms with Crippen molar-refractivity contribution in [2.75, 3.05) is 25.5 Å². The van der Waals surface area contributed by atoms with E-state index in [4.69, 9.17) is 0 Å². The number of carbonyl (C=O) groups is 2. The lowest BCUT2D eigenvalue weighted by Gasteiger charge is -2.22. The standard InChI is InChI=1S/C14H23N5O2/c1-5-6-16-11-8-17-10(7-18-11)12(20)19-9-14(2,3)13(21)15-4/h7-8H,5-6,9H2,1-4H3,(H,15,21)(H,16,18)(H,19,20). The molecule has 0 saturated heterocycles. The van der Waals surface area contributed by atoms with E-state index in [0.29, 0.717) is 5.82 Å². The normalized spacial score (nSPS) is 10.9. The first-order valence-corrected chi connectivity index (χ1v) is 6.97. The molecule has 0 aliphatic rings. The van der Waals surface area contributed by atoms with E-state index in [0.717, 1.165) is 13.0 Å². The SMILES string of the molecule is CCCNc1cnc(C(=O)NCC(C)(C)C(=O)NC)cn1. The summed E-state index contributed by atoms with van der Waals surface area (Å²) in [5, 5.41) is 8.34. The van der Waals surface area contributed by atoms with Crippen molar-refractivity contribution < 1.29 is 9.59 Å². The lowest BCUT2D eigenvalue weighted by Crippen LogP contribution is -2.43. The van der Waals surface area contributed by atoms with Gasteiger partial charge in [-0.2, -0.15) is 0 Å². The predicted molar refractivity (Wildman–Crippen MR) is 81.0 cm³/mol. The summed E-state index contributed by atoms with van der Waals surface area (Å²) in [7, 11) is 1.57. The van der Waals surface area contributed by atoms with E-state index in [-0.39, 0.29) is 24.1 Å². The molecule has 0 unspecified atom stereocenters. The summed E-state index contributed by atoms with van der Waals surface area (Å²) in [6.45, 7) is 6.60. The van der Waals surface area contributed by atoms with Crippen LogP contribution in [0.3, 0.4) is 0 Å². The second-order valence-electron chi connectivity index (χ2n) is 5.36. The second-order valence-corrected chi connectivity index (χ2v) is 5.36. The highest BCUT2D eigenvalue weighted by atomic mass is 16.2. The van der Waals surface area contributed by atoms with Crippen LogP contribution in [-0.4, -0.2) is 41.9 Å². The Morgan fingerprint density at radius 3 is 2.48 bits per heavy atom. The molecule has 2 amide bonds. The van der Waals surface area contributed by atoms with Crippen molar-refractivity contribution in [3.8, 4) is 0 Å². The van der Waals surface area contributed by atoms with Crippen molar-refractivity contribution in [2.24, 2.45) is 5.41 Å². The van der Waals surface area contributed by atoms with Crippen LogP contribution in [-0.2, 0) is 4.79 Å². The van der Waals surface area contributed by atoms with Crippen LogP contribution in [0.1, 0.15) is 37.7 Å². The van der Waals surface area contributed by atoms with Crippen molar-refractivity contribution >= 4 is 17.6 Å². The monoisotopic (exact) mass is 293 g/mol. The van der Waals surface area contributed by atoms with Gasteiger partial charge in [-0.15, -0.1) is 0 Å². The van der Waals surface area contributed by atoms with Gasteiger partial charge in [0.05, 0.1) is 17.8 Å². The summed E-state index contributed by atoms with van der Waals surface area (Å²) in [4.78, 5) is 31.8. The van der Waals surface area contributed by atoms with Gasteiger partial charge in [-0.1, -0.05) is 6.92 Å². The molecular formula is C14H23N5O2. The molecule has 7 heteroatoms. The van der Waals surface area contributed by atoms with E-state index in [1.807, 2.05) is 0 Å². The Labute approximate surface area is 124 Å². The number of aromatic nitrogens is 2. The summed E-state index contributed by atoms with van der Waals surface area (Å²) in [5.74, 6) is 0.161. The highest BCUT2D eigenvalue weighted by molar-refractivity contribution is 5.92. The summed E-state index contributed by atoms with van der Waals surface area (Å²) in [6, 6.07) is 0. The van der Waals surface area contributed by atoms with Gasteiger partial charge >= 0.3 is 0 Å². The molecule has 0 spiro atoms. The number of nitrogens with one attached hydrogen (secondary N) is 3. The number of hydrogen-bond acceptors (Lipinski definition) is 5. The molecule has 1 aromatic rings. The molecule has 1 aromatic heterocycles. The number of amides is 2. The lowest BCUT2D eigenvalue weighted by atomic mass is 9.92. The molecule has 7 nitrogen and oxygen atoms in total. The van der Waals surface area contributed by atoms with Gasteiger partial charge in [0.2, 0.25) is 5.91 Å². The summed E-state index contributed by atoms with van der Waals surface area (Å²) >= 11 is 0. The Morgan fingerprint density at radius 2 is 1.95 bits per heavy atom. The molecule has 0 fully saturated rings. The fourth-order valence-corrected chi connectivity index (χ4v) is 1.60. The van der Waals surface area contributed by atoms with Crippen molar-refractivity contribution in [1.29, 1.82) is 0 Å². The Kier molecular flexibility index (Phi) is 6.08. The Morgan fingerprint density at radius 1 is 1.24 bits per heavy atom. The van der Waals surface area contributed by atoms with Gasteiger partial charge in [-0.05, 0) is 20.3 Å². The van der Waals surface area contributed by atoms with Crippen molar-refractivity contribution in [3.05, 3.63) is 18.1 Å². The van der Waals surface area contributed by atoms with Crippen LogP contribution in [0.25, 0.3) is 0 Å².